The number of nitrogens with one attached hydrogen (secondary N) is 1. The van der Waals surface area contributed by atoms with Gasteiger partial charge in [-0.3, -0.25) is 5.32 Å². The highest BCUT2D eigenvalue weighted by Gasteiger charge is 2.44. The first-order valence-corrected chi connectivity index (χ1v) is 3.63. The summed E-state index contributed by atoms with van der Waals surface area (Å²) in [6, 6.07) is 0. The first-order valence-electron chi connectivity index (χ1n) is 3.63. The topological polar surface area (TPSA) is 58.6 Å². The number of aliphatic hydroxyl groups excluding tert-OH is 1. The van der Waals surface area contributed by atoms with Gasteiger partial charge in [0.1, 0.15) is 5.54 Å². The predicted molar refractivity (Wildman–Crippen MR) is 39.0 cm³/mol. The third-order valence-electron chi connectivity index (χ3n) is 2.19. The van der Waals surface area contributed by atoms with E-state index in [2.05, 4.69) is 10.1 Å². The number of rotatable bonds is 1. The number of hydrogen-bond donors (Lipinski definition) is 2. The average molecular weight is 159 g/mol. The van der Waals surface area contributed by atoms with Gasteiger partial charge in [0.05, 0.1) is 13.2 Å². The summed E-state index contributed by atoms with van der Waals surface area (Å²) >= 11 is 0. The third kappa shape index (κ3) is 1.23. The molecular formula is C7H13NO3. The number of ether oxygens (including phenoxy) is 1. The van der Waals surface area contributed by atoms with Gasteiger partial charge in [0.25, 0.3) is 0 Å². The van der Waals surface area contributed by atoms with Crippen LogP contribution in [0.2, 0.25) is 0 Å². The average Bonchev–Trinajstić information content (AvgIpc) is 2.32. The van der Waals surface area contributed by atoms with E-state index in [1.54, 1.807) is 6.92 Å². The summed E-state index contributed by atoms with van der Waals surface area (Å²) in [6.45, 7) is 2.31. The molecule has 1 aliphatic rings. The lowest BCUT2D eigenvalue weighted by Gasteiger charge is -2.24. The zero-order valence-electron chi connectivity index (χ0n) is 6.76. The number of methoxy groups -OCH3 is 1. The second-order valence-corrected chi connectivity index (χ2v) is 2.93. The number of carbonyl (C=O) groups is 1. The SMILES string of the molecule is COC(=O)[C@@]1(C)NCCC1O. The molecule has 1 rings (SSSR count). The normalized spacial score (nSPS) is 37.2. The Balaban J connectivity index is 2.72. The van der Waals surface area contributed by atoms with Crippen LogP contribution < -0.4 is 5.32 Å². The molecule has 2 N–H and O–H groups in total. The molecule has 0 bridgehead atoms. The molecule has 0 aromatic carbocycles. The quantitative estimate of drug-likeness (QED) is 0.495. The fraction of sp³-hybridized carbons (Fsp3) is 0.857. The van der Waals surface area contributed by atoms with Crippen LogP contribution in [0.1, 0.15) is 13.3 Å². The van der Waals surface area contributed by atoms with Crippen LogP contribution in [0.4, 0.5) is 0 Å². The second kappa shape index (κ2) is 2.79. The van der Waals surface area contributed by atoms with E-state index >= 15 is 0 Å². The standard InChI is InChI=1S/C7H13NO3/c1-7(6(10)11-2)5(9)3-4-8-7/h5,8-9H,3-4H2,1-2H3/t5?,7-/m0/s1. The Bertz CT molecular complexity index is 171. The highest BCUT2D eigenvalue weighted by Crippen LogP contribution is 2.20. The molecule has 4 heteroatoms. The van der Waals surface area contributed by atoms with Crippen molar-refractivity contribution in [3.05, 3.63) is 0 Å². The van der Waals surface area contributed by atoms with E-state index in [1.807, 2.05) is 0 Å². The number of aliphatic hydroxyl groups is 1. The molecular weight excluding hydrogens is 146 g/mol. The van der Waals surface area contributed by atoms with Gasteiger partial charge in [0, 0.05) is 0 Å². The van der Waals surface area contributed by atoms with E-state index in [0.29, 0.717) is 13.0 Å². The van der Waals surface area contributed by atoms with Crippen molar-refractivity contribution in [1.82, 2.24) is 5.32 Å². The Kier molecular flexibility index (Phi) is 2.15. The van der Waals surface area contributed by atoms with Crippen molar-refractivity contribution in [1.29, 1.82) is 0 Å². The summed E-state index contributed by atoms with van der Waals surface area (Å²) in [4.78, 5) is 11.1. The monoisotopic (exact) mass is 159 g/mol. The first kappa shape index (κ1) is 8.49. The molecule has 2 atom stereocenters. The summed E-state index contributed by atoms with van der Waals surface area (Å²) in [5.41, 5.74) is -0.894. The molecule has 0 radical (unpaired) electrons. The van der Waals surface area contributed by atoms with Crippen molar-refractivity contribution in [3.63, 3.8) is 0 Å². The molecule has 0 aromatic rings. The van der Waals surface area contributed by atoms with Crippen LogP contribution >= 0.6 is 0 Å². The Labute approximate surface area is 65.5 Å². The Morgan fingerprint density at radius 3 is 2.82 bits per heavy atom. The molecule has 1 unspecified atom stereocenters. The summed E-state index contributed by atoms with van der Waals surface area (Å²) in [6.07, 6.45) is -0.0269. The van der Waals surface area contributed by atoms with Crippen molar-refractivity contribution in [3.8, 4) is 0 Å². The van der Waals surface area contributed by atoms with Crippen LogP contribution in [-0.4, -0.2) is 36.4 Å². The van der Waals surface area contributed by atoms with Crippen molar-refractivity contribution in [2.75, 3.05) is 13.7 Å². The third-order valence-corrected chi connectivity index (χ3v) is 2.19. The van der Waals surface area contributed by atoms with E-state index in [9.17, 15) is 9.90 Å². The highest BCUT2D eigenvalue weighted by molar-refractivity contribution is 5.81. The fourth-order valence-electron chi connectivity index (χ4n) is 1.30. The summed E-state index contributed by atoms with van der Waals surface area (Å²) in [5.74, 6) is -0.400. The van der Waals surface area contributed by atoms with Crippen LogP contribution in [0.3, 0.4) is 0 Å². The van der Waals surface area contributed by atoms with Crippen LogP contribution in [-0.2, 0) is 9.53 Å². The van der Waals surface area contributed by atoms with Gasteiger partial charge < -0.3 is 9.84 Å². The highest BCUT2D eigenvalue weighted by atomic mass is 16.5. The van der Waals surface area contributed by atoms with Gasteiger partial charge in [0.2, 0.25) is 0 Å². The number of esters is 1. The van der Waals surface area contributed by atoms with Gasteiger partial charge >= 0.3 is 5.97 Å². The van der Waals surface area contributed by atoms with Crippen molar-refractivity contribution >= 4 is 5.97 Å². The maximum atomic E-state index is 11.1. The van der Waals surface area contributed by atoms with E-state index in [4.69, 9.17) is 0 Å². The van der Waals surface area contributed by atoms with Gasteiger partial charge in [-0.05, 0) is 19.9 Å². The van der Waals surface area contributed by atoms with Crippen molar-refractivity contribution < 1.29 is 14.6 Å². The zero-order valence-corrected chi connectivity index (χ0v) is 6.76. The summed E-state index contributed by atoms with van der Waals surface area (Å²) in [5, 5.41) is 12.3. The molecule has 64 valence electrons. The first-order chi connectivity index (χ1) is 5.11. The van der Waals surface area contributed by atoms with Crippen LogP contribution in [0.15, 0.2) is 0 Å². The van der Waals surface area contributed by atoms with E-state index in [1.165, 1.54) is 7.11 Å². The second-order valence-electron chi connectivity index (χ2n) is 2.93. The molecule has 0 saturated carbocycles. The van der Waals surface area contributed by atoms with Crippen LogP contribution in [0.25, 0.3) is 0 Å². The number of hydrogen-bond acceptors (Lipinski definition) is 4. The minimum atomic E-state index is -0.894. The van der Waals surface area contributed by atoms with Gasteiger partial charge in [-0.2, -0.15) is 0 Å². The molecule has 1 heterocycles. The Hall–Kier alpha value is -0.610. The zero-order chi connectivity index (χ0) is 8.48. The predicted octanol–water partition coefficient (Wildman–Crippen LogP) is -0.728. The van der Waals surface area contributed by atoms with Gasteiger partial charge in [-0.25, -0.2) is 4.79 Å². The summed E-state index contributed by atoms with van der Waals surface area (Å²) < 4.78 is 4.55. The maximum absolute atomic E-state index is 11.1. The van der Waals surface area contributed by atoms with Gasteiger partial charge in [0.15, 0.2) is 0 Å². The van der Waals surface area contributed by atoms with E-state index in [-0.39, 0.29) is 0 Å². The molecule has 1 saturated heterocycles. The molecule has 11 heavy (non-hydrogen) atoms. The minimum Gasteiger partial charge on any atom is -0.468 e. The molecule has 1 fully saturated rings. The lowest BCUT2D eigenvalue weighted by atomic mass is 9.97. The van der Waals surface area contributed by atoms with Crippen molar-refractivity contribution in [2.45, 2.75) is 25.0 Å². The smallest absolute Gasteiger partial charge is 0.328 e. The molecule has 0 amide bonds. The Morgan fingerprint density at radius 1 is 1.82 bits per heavy atom. The molecule has 0 spiro atoms. The lowest BCUT2D eigenvalue weighted by molar-refractivity contribution is -0.150. The molecule has 0 aliphatic carbocycles. The number of carbonyl (C=O) groups excluding carboxylic acids is 1. The van der Waals surface area contributed by atoms with Crippen LogP contribution in [0, 0.1) is 0 Å². The Morgan fingerprint density at radius 2 is 2.45 bits per heavy atom. The molecule has 4 nitrogen and oxygen atoms in total. The van der Waals surface area contributed by atoms with Gasteiger partial charge in [-0.15, -0.1) is 0 Å². The van der Waals surface area contributed by atoms with E-state index < -0.39 is 17.6 Å². The largest absolute Gasteiger partial charge is 0.468 e. The maximum Gasteiger partial charge on any atom is 0.328 e. The van der Waals surface area contributed by atoms with Gasteiger partial charge in [-0.1, -0.05) is 0 Å². The van der Waals surface area contributed by atoms with Crippen LogP contribution in [0.5, 0.6) is 0 Å². The lowest BCUT2D eigenvalue weighted by Crippen LogP contribution is -2.52. The minimum absolute atomic E-state index is 0.400. The molecule has 1 aliphatic heterocycles. The van der Waals surface area contributed by atoms with E-state index in [0.717, 1.165) is 0 Å². The molecule has 0 aromatic heterocycles. The summed E-state index contributed by atoms with van der Waals surface area (Å²) in [7, 11) is 1.32. The fourth-order valence-corrected chi connectivity index (χ4v) is 1.30. The van der Waals surface area contributed by atoms with Crippen molar-refractivity contribution in [2.24, 2.45) is 0 Å².